The number of hydrogen-bond acceptors (Lipinski definition) is 3. The van der Waals surface area contributed by atoms with E-state index < -0.39 is 7.14 Å². The molecule has 0 atom stereocenters. The first-order valence-corrected chi connectivity index (χ1v) is 10.3. The molecule has 3 nitrogen and oxygen atoms in total. The van der Waals surface area contributed by atoms with Gasteiger partial charge in [-0.1, -0.05) is 67.2 Å². The Labute approximate surface area is 160 Å². The van der Waals surface area contributed by atoms with Crippen LogP contribution in [0.25, 0.3) is 0 Å². The van der Waals surface area contributed by atoms with Crippen LogP contribution in [0.15, 0.2) is 103 Å². The minimum Gasteiger partial charge on any atom is -0.497 e. The number of benzene rings is 3. The summed E-state index contributed by atoms with van der Waals surface area (Å²) < 4.78 is 25.3. The zero-order valence-electron chi connectivity index (χ0n) is 15.2. The Kier molecular flexibility index (Phi) is 5.98. The molecule has 136 valence electrons. The SMILES string of the molecule is C=C=C(COc1ccc(OC)cc1)P(=O)(c1ccccc1)c1ccccc1. The van der Waals surface area contributed by atoms with Crippen molar-refractivity contribution in [2.75, 3.05) is 13.7 Å². The second-order valence-electron chi connectivity index (χ2n) is 5.87. The molecule has 3 aromatic rings. The highest BCUT2D eigenvalue weighted by Gasteiger charge is 2.32. The van der Waals surface area contributed by atoms with Crippen molar-refractivity contribution in [3.05, 3.63) is 103 Å². The van der Waals surface area contributed by atoms with Crippen LogP contribution in [0.4, 0.5) is 0 Å². The molecule has 0 spiro atoms. The lowest BCUT2D eigenvalue weighted by atomic mass is 10.3. The van der Waals surface area contributed by atoms with Crippen LogP contribution in [0, 0.1) is 0 Å². The zero-order valence-corrected chi connectivity index (χ0v) is 16.1. The molecule has 4 heteroatoms. The molecule has 0 aliphatic heterocycles. The van der Waals surface area contributed by atoms with E-state index in [4.69, 9.17) is 9.47 Å². The van der Waals surface area contributed by atoms with Gasteiger partial charge in [-0.15, -0.1) is 5.73 Å². The molecule has 0 saturated carbocycles. The molecule has 27 heavy (non-hydrogen) atoms. The number of ether oxygens (including phenoxy) is 2. The Morgan fingerprint density at radius 3 is 1.78 bits per heavy atom. The highest BCUT2D eigenvalue weighted by Crippen LogP contribution is 2.51. The van der Waals surface area contributed by atoms with E-state index in [-0.39, 0.29) is 6.61 Å². The Morgan fingerprint density at radius 1 is 0.852 bits per heavy atom. The van der Waals surface area contributed by atoms with E-state index in [1.807, 2.05) is 84.9 Å². The summed E-state index contributed by atoms with van der Waals surface area (Å²) in [5.41, 5.74) is 2.89. The summed E-state index contributed by atoms with van der Waals surface area (Å²) >= 11 is 0. The Morgan fingerprint density at radius 2 is 1.33 bits per heavy atom. The normalized spacial score (nSPS) is 10.7. The highest BCUT2D eigenvalue weighted by molar-refractivity contribution is 7.82. The zero-order chi connectivity index (χ0) is 19.1. The molecule has 0 amide bonds. The van der Waals surface area contributed by atoms with Gasteiger partial charge in [0.15, 0.2) is 7.14 Å². The first-order valence-electron chi connectivity index (χ1n) is 8.56. The second-order valence-corrected chi connectivity index (χ2v) is 8.66. The summed E-state index contributed by atoms with van der Waals surface area (Å²) in [5, 5.41) is 2.01. The van der Waals surface area contributed by atoms with E-state index in [0.29, 0.717) is 11.1 Å². The van der Waals surface area contributed by atoms with Gasteiger partial charge in [0.25, 0.3) is 0 Å². The minimum absolute atomic E-state index is 0.136. The van der Waals surface area contributed by atoms with E-state index in [9.17, 15) is 4.57 Å². The van der Waals surface area contributed by atoms with E-state index in [1.165, 1.54) is 0 Å². The molecule has 0 bridgehead atoms. The maximum atomic E-state index is 14.2. The van der Waals surface area contributed by atoms with Crippen LogP contribution >= 0.6 is 7.14 Å². The summed E-state index contributed by atoms with van der Waals surface area (Å²) in [7, 11) is -1.48. The summed E-state index contributed by atoms with van der Waals surface area (Å²) in [6.45, 7) is 3.92. The van der Waals surface area contributed by atoms with Gasteiger partial charge >= 0.3 is 0 Å². The number of hydrogen-bond donors (Lipinski definition) is 0. The van der Waals surface area contributed by atoms with Crippen LogP contribution in [0.1, 0.15) is 0 Å². The second kappa shape index (κ2) is 8.60. The monoisotopic (exact) mass is 376 g/mol. The first kappa shape index (κ1) is 18.8. The third kappa shape index (κ3) is 4.06. The Balaban J connectivity index is 1.95. The largest absolute Gasteiger partial charge is 0.497 e. The average molecular weight is 376 g/mol. The van der Waals surface area contributed by atoms with Crippen LogP contribution in [0.3, 0.4) is 0 Å². The smallest absolute Gasteiger partial charge is 0.177 e. The van der Waals surface area contributed by atoms with Gasteiger partial charge in [0.05, 0.1) is 12.4 Å². The topological polar surface area (TPSA) is 35.5 Å². The third-order valence-electron chi connectivity index (χ3n) is 4.26. The molecule has 0 aliphatic carbocycles. The van der Waals surface area contributed by atoms with Gasteiger partial charge in [-0.2, -0.15) is 0 Å². The maximum absolute atomic E-state index is 14.2. The molecular weight excluding hydrogens is 355 g/mol. The minimum atomic E-state index is -3.09. The number of methoxy groups -OCH3 is 1. The van der Waals surface area contributed by atoms with Gasteiger partial charge in [0.1, 0.15) is 18.1 Å². The van der Waals surface area contributed by atoms with Crippen molar-refractivity contribution in [2.24, 2.45) is 0 Å². The Hall–Kier alpha value is -2.99. The lowest BCUT2D eigenvalue weighted by molar-refractivity contribution is 0.356. The van der Waals surface area contributed by atoms with E-state index in [1.54, 1.807) is 7.11 Å². The van der Waals surface area contributed by atoms with Crippen molar-refractivity contribution >= 4 is 17.8 Å². The lowest BCUT2D eigenvalue weighted by Gasteiger charge is -2.21. The average Bonchev–Trinajstić information content (AvgIpc) is 2.75. The van der Waals surface area contributed by atoms with Crippen molar-refractivity contribution in [3.8, 4) is 11.5 Å². The first-order chi connectivity index (χ1) is 13.2. The van der Waals surface area contributed by atoms with Crippen LogP contribution in [-0.2, 0) is 4.57 Å². The summed E-state index contributed by atoms with van der Waals surface area (Å²) in [4.78, 5) is 0. The van der Waals surface area contributed by atoms with Crippen LogP contribution in [0.2, 0.25) is 0 Å². The quantitative estimate of drug-likeness (QED) is 0.441. The summed E-state index contributed by atoms with van der Waals surface area (Å²) in [6.07, 6.45) is 0. The van der Waals surface area contributed by atoms with Gasteiger partial charge in [0, 0.05) is 10.6 Å². The molecule has 0 radical (unpaired) electrons. The highest BCUT2D eigenvalue weighted by atomic mass is 31.2. The predicted octanol–water partition coefficient (Wildman–Crippen LogP) is 4.76. The summed E-state index contributed by atoms with van der Waals surface area (Å²) in [5.74, 6) is 1.41. The molecule has 3 rings (SSSR count). The van der Waals surface area contributed by atoms with Crippen molar-refractivity contribution in [1.82, 2.24) is 0 Å². The molecule has 3 aromatic carbocycles. The summed E-state index contributed by atoms with van der Waals surface area (Å²) in [6, 6.07) is 26.1. The third-order valence-corrected chi connectivity index (χ3v) is 7.36. The molecule has 0 fully saturated rings. The van der Waals surface area contributed by atoms with Gasteiger partial charge in [-0.05, 0) is 24.3 Å². The van der Waals surface area contributed by atoms with Gasteiger partial charge in [-0.25, -0.2) is 0 Å². The van der Waals surface area contributed by atoms with E-state index in [2.05, 4.69) is 12.3 Å². The van der Waals surface area contributed by atoms with Crippen molar-refractivity contribution < 1.29 is 14.0 Å². The van der Waals surface area contributed by atoms with Gasteiger partial charge in [-0.3, -0.25) is 0 Å². The van der Waals surface area contributed by atoms with E-state index >= 15 is 0 Å². The standard InChI is InChI=1S/C23H21O3P/c1-3-21(18-26-20-16-14-19(25-2)15-17-20)27(24,22-10-6-4-7-11-22)23-12-8-5-9-13-23/h4-17H,1,18H2,2H3. The van der Waals surface area contributed by atoms with Crippen molar-refractivity contribution in [2.45, 2.75) is 0 Å². The van der Waals surface area contributed by atoms with Crippen molar-refractivity contribution in [3.63, 3.8) is 0 Å². The molecule has 0 heterocycles. The molecule has 0 aromatic heterocycles. The Bertz CT molecular complexity index is 930. The molecule has 0 unspecified atom stereocenters. The lowest BCUT2D eigenvalue weighted by Crippen LogP contribution is -2.19. The van der Waals surface area contributed by atoms with Crippen molar-refractivity contribution in [1.29, 1.82) is 0 Å². The van der Waals surface area contributed by atoms with Crippen LogP contribution in [-0.4, -0.2) is 13.7 Å². The molecular formula is C23H21O3P. The van der Waals surface area contributed by atoms with E-state index in [0.717, 1.165) is 16.4 Å². The fraction of sp³-hybridized carbons (Fsp3) is 0.0870. The molecule has 0 aliphatic rings. The van der Waals surface area contributed by atoms with Crippen LogP contribution in [0.5, 0.6) is 11.5 Å². The molecule has 0 saturated heterocycles. The van der Waals surface area contributed by atoms with Gasteiger partial charge in [0.2, 0.25) is 0 Å². The maximum Gasteiger partial charge on any atom is 0.177 e. The fourth-order valence-corrected chi connectivity index (χ4v) is 5.39. The number of rotatable bonds is 7. The van der Waals surface area contributed by atoms with Gasteiger partial charge < -0.3 is 14.0 Å². The molecule has 0 N–H and O–H groups in total. The van der Waals surface area contributed by atoms with Crippen LogP contribution < -0.4 is 20.1 Å². The predicted molar refractivity (Wildman–Crippen MR) is 111 cm³/mol. The fourth-order valence-electron chi connectivity index (χ4n) is 2.81.